The summed E-state index contributed by atoms with van der Waals surface area (Å²) in [6.45, 7) is 3.61. The molecule has 1 aromatic carbocycles. The second kappa shape index (κ2) is 10.5. The van der Waals surface area contributed by atoms with Crippen LogP contribution in [0, 0.1) is 10.1 Å². The lowest BCUT2D eigenvalue weighted by Gasteiger charge is -2.31. The second-order valence-corrected chi connectivity index (χ2v) is 9.75. The van der Waals surface area contributed by atoms with Crippen LogP contribution in [0.2, 0.25) is 0 Å². The number of nitro groups is 1. The van der Waals surface area contributed by atoms with E-state index < -0.39 is 14.9 Å². The third kappa shape index (κ3) is 5.52. The number of nitrogens with one attached hydrogen (secondary N) is 1. The molecule has 0 radical (unpaired) electrons. The van der Waals surface area contributed by atoms with Crippen molar-refractivity contribution in [3.05, 3.63) is 40.7 Å². The summed E-state index contributed by atoms with van der Waals surface area (Å²) in [6.07, 6.45) is 2.37. The molecule has 2 aromatic rings. The molecule has 1 amide bonds. The molecule has 4 rings (SSSR count). The van der Waals surface area contributed by atoms with Crippen molar-refractivity contribution in [1.29, 1.82) is 0 Å². The molecule has 184 valence electrons. The maximum Gasteiger partial charge on any atom is 0.306 e. The Morgan fingerprint density at radius 1 is 1.12 bits per heavy atom. The fourth-order valence-electron chi connectivity index (χ4n) is 3.79. The Morgan fingerprint density at radius 2 is 1.79 bits per heavy atom. The fraction of sp³-hybridized carbons (Fsp3) is 0.500. The molecule has 0 bridgehead atoms. The Balaban J connectivity index is 1.54. The average Bonchev–Trinajstić information content (AvgIpc) is 3.33. The van der Waals surface area contributed by atoms with Crippen LogP contribution in [-0.2, 0) is 30.8 Å². The Labute approximate surface area is 196 Å². The number of anilines is 2. The van der Waals surface area contributed by atoms with E-state index in [0.29, 0.717) is 50.9 Å². The highest BCUT2D eigenvalue weighted by atomic mass is 32.2. The van der Waals surface area contributed by atoms with Crippen LogP contribution in [0.1, 0.15) is 6.42 Å². The van der Waals surface area contributed by atoms with Gasteiger partial charge in [0.25, 0.3) is 0 Å². The molecule has 1 aromatic heterocycles. The molecule has 2 aliphatic rings. The van der Waals surface area contributed by atoms with E-state index in [1.165, 1.54) is 21.3 Å². The molecule has 2 aliphatic heterocycles. The van der Waals surface area contributed by atoms with Gasteiger partial charge in [-0.2, -0.15) is 9.40 Å². The monoisotopic (exact) mass is 494 g/mol. The van der Waals surface area contributed by atoms with Gasteiger partial charge in [0.05, 0.1) is 47.6 Å². The zero-order valence-electron chi connectivity index (χ0n) is 18.5. The number of nitrogens with zero attached hydrogens (tertiary/aromatic N) is 5. The second-order valence-electron chi connectivity index (χ2n) is 7.81. The molecular formula is C20H26N6O7S. The number of aryl methyl sites for hydroxylation is 1. The lowest BCUT2D eigenvalue weighted by Crippen LogP contribution is -2.40. The van der Waals surface area contributed by atoms with Crippen LogP contribution in [0.4, 0.5) is 17.1 Å². The van der Waals surface area contributed by atoms with E-state index in [0.717, 1.165) is 6.20 Å². The number of amides is 1. The zero-order chi connectivity index (χ0) is 24.1. The first-order valence-electron chi connectivity index (χ1n) is 10.9. The molecule has 0 aliphatic carbocycles. The summed E-state index contributed by atoms with van der Waals surface area (Å²) in [5.74, 6) is -0.367. The van der Waals surface area contributed by atoms with Crippen molar-refractivity contribution in [3.63, 3.8) is 0 Å². The molecule has 0 spiro atoms. The Morgan fingerprint density at radius 3 is 2.44 bits per heavy atom. The molecular weight excluding hydrogens is 468 g/mol. The quantitative estimate of drug-likeness (QED) is 0.413. The fourth-order valence-corrected chi connectivity index (χ4v) is 5.22. The number of benzene rings is 1. The largest absolute Gasteiger partial charge is 0.379 e. The van der Waals surface area contributed by atoms with Crippen LogP contribution >= 0.6 is 0 Å². The third-order valence-corrected chi connectivity index (χ3v) is 7.49. The van der Waals surface area contributed by atoms with Gasteiger partial charge >= 0.3 is 5.69 Å². The average molecular weight is 495 g/mol. The van der Waals surface area contributed by atoms with Crippen LogP contribution in [0.5, 0.6) is 0 Å². The maximum atomic E-state index is 13.1. The summed E-state index contributed by atoms with van der Waals surface area (Å²) >= 11 is 0. The van der Waals surface area contributed by atoms with E-state index in [4.69, 9.17) is 9.47 Å². The molecule has 1 N–H and O–H groups in total. The van der Waals surface area contributed by atoms with Gasteiger partial charge in [-0.1, -0.05) is 0 Å². The maximum absolute atomic E-state index is 13.1. The molecule has 0 unspecified atom stereocenters. The standard InChI is InChI=1S/C20H26N6O7S/c27-20(3-4-24-15-16(14-21-24)26(28)29)22-18-13-17(34(30,31)25-7-11-33-12-8-25)1-2-19(18)23-5-9-32-10-6-23/h1-2,13-15H,3-12H2,(H,22,27). The highest BCUT2D eigenvalue weighted by Crippen LogP contribution is 2.31. The summed E-state index contributed by atoms with van der Waals surface area (Å²) in [4.78, 5) is 25.1. The molecule has 13 nitrogen and oxygen atoms in total. The number of hydrogen-bond acceptors (Lipinski definition) is 9. The van der Waals surface area contributed by atoms with E-state index in [9.17, 15) is 23.3 Å². The molecule has 2 saturated heterocycles. The number of hydrogen-bond donors (Lipinski definition) is 1. The van der Waals surface area contributed by atoms with Crippen molar-refractivity contribution < 1.29 is 27.6 Å². The van der Waals surface area contributed by atoms with Gasteiger partial charge in [-0.05, 0) is 18.2 Å². The van der Waals surface area contributed by atoms with Crippen molar-refractivity contribution in [2.75, 3.05) is 62.8 Å². The predicted molar refractivity (Wildman–Crippen MR) is 121 cm³/mol. The molecule has 14 heteroatoms. The normalized spacial score (nSPS) is 17.5. The van der Waals surface area contributed by atoms with Gasteiger partial charge in [-0.3, -0.25) is 19.6 Å². The summed E-state index contributed by atoms with van der Waals surface area (Å²) in [5, 5.41) is 17.5. The number of morpholine rings is 2. The number of rotatable bonds is 8. The van der Waals surface area contributed by atoms with Crippen LogP contribution < -0.4 is 10.2 Å². The summed E-state index contributed by atoms with van der Waals surface area (Å²) < 4.78 is 39.6. The van der Waals surface area contributed by atoms with Gasteiger partial charge in [0.1, 0.15) is 12.4 Å². The van der Waals surface area contributed by atoms with Crippen LogP contribution in [0.25, 0.3) is 0 Å². The predicted octanol–water partition coefficient (Wildman–Crippen LogP) is 0.678. The Hall–Kier alpha value is -3.07. The minimum Gasteiger partial charge on any atom is -0.379 e. The van der Waals surface area contributed by atoms with E-state index in [1.807, 2.05) is 4.90 Å². The minimum absolute atomic E-state index is 0.00181. The van der Waals surface area contributed by atoms with Gasteiger partial charge in [0, 0.05) is 39.1 Å². The lowest BCUT2D eigenvalue weighted by molar-refractivity contribution is -0.385. The van der Waals surface area contributed by atoms with Crippen molar-refractivity contribution in [2.24, 2.45) is 0 Å². The third-order valence-electron chi connectivity index (χ3n) is 5.60. The van der Waals surface area contributed by atoms with Crippen molar-refractivity contribution in [2.45, 2.75) is 17.9 Å². The topological polar surface area (TPSA) is 149 Å². The number of ether oxygens (including phenoxy) is 2. The van der Waals surface area contributed by atoms with Crippen LogP contribution in [-0.4, -0.2) is 85.9 Å². The van der Waals surface area contributed by atoms with Crippen molar-refractivity contribution in [3.8, 4) is 0 Å². The van der Waals surface area contributed by atoms with Crippen molar-refractivity contribution >= 4 is 33.0 Å². The summed E-state index contributed by atoms with van der Waals surface area (Å²) in [7, 11) is -3.75. The van der Waals surface area contributed by atoms with Gasteiger partial charge < -0.3 is 19.7 Å². The molecule has 0 atom stereocenters. The van der Waals surface area contributed by atoms with Gasteiger partial charge in [0.2, 0.25) is 15.9 Å². The van der Waals surface area contributed by atoms with Gasteiger partial charge in [0.15, 0.2) is 0 Å². The van der Waals surface area contributed by atoms with Crippen LogP contribution in [0.3, 0.4) is 0 Å². The first kappa shape index (κ1) is 24.1. The summed E-state index contributed by atoms with van der Waals surface area (Å²) in [6, 6.07) is 4.73. The minimum atomic E-state index is -3.75. The highest BCUT2D eigenvalue weighted by Gasteiger charge is 2.28. The number of aromatic nitrogens is 2. The molecule has 2 fully saturated rings. The zero-order valence-corrected chi connectivity index (χ0v) is 19.3. The Kier molecular flexibility index (Phi) is 7.41. The molecule has 0 saturated carbocycles. The number of carbonyl (C=O) groups is 1. The van der Waals surface area contributed by atoms with E-state index >= 15 is 0 Å². The van der Waals surface area contributed by atoms with E-state index in [1.54, 1.807) is 12.1 Å². The Bertz CT molecular complexity index is 1140. The number of carbonyl (C=O) groups excluding carboxylic acids is 1. The number of sulfonamides is 1. The van der Waals surface area contributed by atoms with Gasteiger partial charge in [-0.25, -0.2) is 8.42 Å². The SMILES string of the molecule is O=C(CCn1cc([N+](=O)[O-])cn1)Nc1cc(S(=O)(=O)N2CCOCC2)ccc1N1CCOCC1. The van der Waals surface area contributed by atoms with Gasteiger partial charge in [-0.15, -0.1) is 0 Å². The van der Waals surface area contributed by atoms with E-state index in [2.05, 4.69) is 10.4 Å². The molecule has 34 heavy (non-hydrogen) atoms. The first-order chi connectivity index (χ1) is 16.3. The smallest absolute Gasteiger partial charge is 0.306 e. The first-order valence-corrected chi connectivity index (χ1v) is 12.3. The summed E-state index contributed by atoms with van der Waals surface area (Å²) in [5.41, 5.74) is 0.927. The molecule has 3 heterocycles. The highest BCUT2D eigenvalue weighted by molar-refractivity contribution is 7.89. The van der Waals surface area contributed by atoms with E-state index in [-0.39, 0.29) is 42.5 Å². The lowest BCUT2D eigenvalue weighted by atomic mass is 10.2. The van der Waals surface area contributed by atoms with Crippen LogP contribution in [0.15, 0.2) is 35.5 Å². The van der Waals surface area contributed by atoms with Crippen molar-refractivity contribution in [1.82, 2.24) is 14.1 Å².